The maximum absolute atomic E-state index is 12.5. The first-order valence-electron chi connectivity index (χ1n) is 8.80. The Labute approximate surface area is 164 Å². The number of nitrogens with one attached hydrogen (secondary N) is 1. The molecule has 0 bridgehead atoms. The zero-order chi connectivity index (χ0) is 19.8. The van der Waals surface area contributed by atoms with Gasteiger partial charge in [0.2, 0.25) is 5.91 Å². The minimum absolute atomic E-state index is 0.157. The van der Waals surface area contributed by atoms with E-state index in [9.17, 15) is 4.79 Å². The Hall–Kier alpha value is -3.54. The fourth-order valence-corrected chi connectivity index (χ4v) is 2.71. The summed E-state index contributed by atoms with van der Waals surface area (Å²) in [5, 5.41) is 2.89. The van der Waals surface area contributed by atoms with E-state index in [-0.39, 0.29) is 12.3 Å². The van der Waals surface area contributed by atoms with Crippen LogP contribution < -0.4 is 19.5 Å². The summed E-state index contributed by atoms with van der Waals surface area (Å²) >= 11 is 0. The molecule has 0 aliphatic carbocycles. The number of amides is 1. The van der Waals surface area contributed by atoms with Crippen LogP contribution in [0, 0.1) is 0 Å². The van der Waals surface area contributed by atoms with Crippen LogP contribution in [0.5, 0.6) is 17.2 Å². The van der Waals surface area contributed by atoms with Crippen molar-refractivity contribution in [3.05, 3.63) is 78.1 Å². The van der Waals surface area contributed by atoms with Crippen LogP contribution >= 0.6 is 0 Å². The maximum Gasteiger partial charge on any atom is 0.228 e. The molecule has 0 atom stereocenters. The third kappa shape index (κ3) is 5.23. The number of benzene rings is 2. The van der Waals surface area contributed by atoms with E-state index in [1.54, 1.807) is 50.9 Å². The van der Waals surface area contributed by atoms with Crippen molar-refractivity contribution in [3.63, 3.8) is 0 Å². The van der Waals surface area contributed by atoms with Gasteiger partial charge in [0.1, 0.15) is 23.9 Å². The Bertz CT molecular complexity index is 929. The molecular formula is C22H22N2O4. The predicted molar refractivity (Wildman–Crippen MR) is 107 cm³/mol. The minimum Gasteiger partial charge on any atom is -0.497 e. The minimum atomic E-state index is -0.157. The normalized spacial score (nSPS) is 10.2. The fourth-order valence-electron chi connectivity index (χ4n) is 2.71. The highest BCUT2D eigenvalue weighted by Crippen LogP contribution is 2.25. The van der Waals surface area contributed by atoms with Crippen molar-refractivity contribution in [1.82, 2.24) is 4.98 Å². The quantitative estimate of drug-likeness (QED) is 0.645. The van der Waals surface area contributed by atoms with Gasteiger partial charge in [-0.2, -0.15) is 0 Å². The van der Waals surface area contributed by atoms with Crippen molar-refractivity contribution >= 4 is 11.6 Å². The third-order valence-corrected chi connectivity index (χ3v) is 4.08. The van der Waals surface area contributed by atoms with Crippen molar-refractivity contribution in [2.75, 3.05) is 19.5 Å². The second kappa shape index (κ2) is 9.41. The van der Waals surface area contributed by atoms with E-state index >= 15 is 0 Å². The molecule has 0 spiro atoms. The van der Waals surface area contributed by atoms with Gasteiger partial charge in [-0.15, -0.1) is 0 Å². The molecule has 1 N–H and O–H groups in total. The van der Waals surface area contributed by atoms with E-state index in [0.29, 0.717) is 29.5 Å². The molecule has 28 heavy (non-hydrogen) atoms. The lowest BCUT2D eigenvalue weighted by atomic mass is 10.1. The molecule has 0 radical (unpaired) electrons. The van der Waals surface area contributed by atoms with Crippen molar-refractivity contribution in [2.24, 2.45) is 0 Å². The number of ether oxygens (including phenoxy) is 3. The van der Waals surface area contributed by atoms with Crippen LogP contribution in [0.3, 0.4) is 0 Å². The van der Waals surface area contributed by atoms with E-state index in [4.69, 9.17) is 14.2 Å². The number of pyridine rings is 1. The number of carbonyl (C=O) groups excluding carboxylic acids is 1. The molecule has 1 amide bonds. The van der Waals surface area contributed by atoms with Crippen molar-refractivity contribution in [3.8, 4) is 17.2 Å². The van der Waals surface area contributed by atoms with Gasteiger partial charge in [0, 0.05) is 35.3 Å². The average molecular weight is 378 g/mol. The SMILES string of the molecule is COc1ccc(OC)c(CC(=O)Nc2cccc(OCc3cccnc3)c2)c1. The highest BCUT2D eigenvalue weighted by atomic mass is 16.5. The molecule has 0 unspecified atom stereocenters. The van der Waals surface area contributed by atoms with Crippen LogP contribution in [0.15, 0.2) is 67.0 Å². The van der Waals surface area contributed by atoms with Crippen molar-refractivity contribution in [2.45, 2.75) is 13.0 Å². The number of carbonyl (C=O) groups is 1. The second-order valence-corrected chi connectivity index (χ2v) is 6.08. The van der Waals surface area contributed by atoms with E-state index in [0.717, 1.165) is 11.1 Å². The van der Waals surface area contributed by atoms with Gasteiger partial charge in [0.05, 0.1) is 20.6 Å². The summed E-state index contributed by atoms with van der Waals surface area (Å²) in [5.74, 6) is 1.83. The highest BCUT2D eigenvalue weighted by Gasteiger charge is 2.11. The summed E-state index contributed by atoms with van der Waals surface area (Å²) in [7, 11) is 3.16. The Morgan fingerprint density at radius 3 is 2.64 bits per heavy atom. The highest BCUT2D eigenvalue weighted by molar-refractivity contribution is 5.92. The lowest BCUT2D eigenvalue weighted by Crippen LogP contribution is -2.15. The van der Waals surface area contributed by atoms with E-state index in [1.807, 2.05) is 30.3 Å². The van der Waals surface area contributed by atoms with Crippen LogP contribution in [0.25, 0.3) is 0 Å². The molecule has 0 fully saturated rings. The fraction of sp³-hybridized carbons (Fsp3) is 0.182. The summed E-state index contributed by atoms with van der Waals surface area (Å²) < 4.78 is 16.3. The molecule has 0 aliphatic rings. The Morgan fingerprint density at radius 2 is 1.89 bits per heavy atom. The molecule has 144 valence electrons. The lowest BCUT2D eigenvalue weighted by Gasteiger charge is -2.12. The summed E-state index contributed by atoms with van der Waals surface area (Å²) in [5.41, 5.74) is 2.39. The smallest absolute Gasteiger partial charge is 0.228 e. The van der Waals surface area contributed by atoms with E-state index in [2.05, 4.69) is 10.3 Å². The van der Waals surface area contributed by atoms with Crippen LogP contribution in [0.1, 0.15) is 11.1 Å². The largest absolute Gasteiger partial charge is 0.497 e. The number of aromatic nitrogens is 1. The Kier molecular flexibility index (Phi) is 6.46. The number of anilines is 1. The van der Waals surface area contributed by atoms with Gasteiger partial charge in [-0.3, -0.25) is 9.78 Å². The first-order chi connectivity index (χ1) is 13.7. The monoisotopic (exact) mass is 378 g/mol. The molecule has 2 aromatic carbocycles. The topological polar surface area (TPSA) is 69.7 Å². The lowest BCUT2D eigenvalue weighted by molar-refractivity contribution is -0.115. The summed E-state index contributed by atoms with van der Waals surface area (Å²) in [6, 6.07) is 16.5. The molecule has 1 heterocycles. The third-order valence-electron chi connectivity index (χ3n) is 4.08. The molecule has 3 aromatic rings. The van der Waals surface area contributed by atoms with Gasteiger partial charge in [-0.05, 0) is 36.4 Å². The molecule has 0 saturated heterocycles. The second-order valence-electron chi connectivity index (χ2n) is 6.08. The van der Waals surface area contributed by atoms with E-state index < -0.39 is 0 Å². The van der Waals surface area contributed by atoms with Gasteiger partial charge in [-0.1, -0.05) is 12.1 Å². The zero-order valence-corrected chi connectivity index (χ0v) is 15.8. The van der Waals surface area contributed by atoms with Crippen LogP contribution in [0.2, 0.25) is 0 Å². The summed E-state index contributed by atoms with van der Waals surface area (Å²) in [6.45, 7) is 0.409. The number of rotatable bonds is 8. The molecule has 1 aromatic heterocycles. The predicted octanol–water partition coefficient (Wildman–Crippen LogP) is 3.86. The van der Waals surface area contributed by atoms with Gasteiger partial charge in [-0.25, -0.2) is 0 Å². The number of nitrogens with zero attached hydrogens (tertiary/aromatic N) is 1. The first-order valence-corrected chi connectivity index (χ1v) is 8.80. The van der Waals surface area contributed by atoms with Gasteiger partial charge < -0.3 is 19.5 Å². The average Bonchev–Trinajstić information content (AvgIpc) is 2.73. The summed E-state index contributed by atoms with van der Waals surface area (Å²) in [4.78, 5) is 16.5. The molecule has 6 nitrogen and oxygen atoms in total. The molecule has 0 aliphatic heterocycles. The Morgan fingerprint density at radius 1 is 1.00 bits per heavy atom. The zero-order valence-electron chi connectivity index (χ0n) is 15.8. The standard InChI is InChI=1S/C22H22N2O4/c1-26-19-8-9-21(27-2)17(11-19)12-22(25)24-18-6-3-7-20(13-18)28-15-16-5-4-10-23-14-16/h3-11,13-14H,12,15H2,1-2H3,(H,24,25). The van der Waals surface area contributed by atoms with Gasteiger partial charge >= 0.3 is 0 Å². The summed E-state index contributed by atoms with van der Waals surface area (Å²) in [6.07, 6.45) is 3.64. The van der Waals surface area contributed by atoms with Crippen LogP contribution in [-0.4, -0.2) is 25.1 Å². The maximum atomic E-state index is 12.5. The number of hydrogen-bond donors (Lipinski definition) is 1. The molecule has 3 rings (SSSR count). The van der Waals surface area contributed by atoms with Crippen molar-refractivity contribution < 1.29 is 19.0 Å². The molecule has 0 saturated carbocycles. The van der Waals surface area contributed by atoms with Crippen LogP contribution in [-0.2, 0) is 17.8 Å². The van der Waals surface area contributed by atoms with E-state index in [1.165, 1.54) is 0 Å². The molecular weight excluding hydrogens is 356 g/mol. The van der Waals surface area contributed by atoms with Gasteiger partial charge in [0.15, 0.2) is 0 Å². The van der Waals surface area contributed by atoms with Crippen LogP contribution in [0.4, 0.5) is 5.69 Å². The van der Waals surface area contributed by atoms with Gasteiger partial charge in [0.25, 0.3) is 0 Å². The number of methoxy groups -OCH3 is 2. The van der Waals surface area contributed by atoms with Crippen molar-refractivity contribution in [1.29, 1.82) is 0 Å². The Balaban J connectivity index is 1.63. The first kappa shape index (κ1) is 19.2. The number of hydrogen-bond acceptors (Lipinski definition) is 5. The molecule has 6 heteroatoms.